The maximum absolute atomic E-state index is 6.21. The van der Waals surface area contributed by atoms with Gasteiger partial charge < -0.3 is 5.32 Å². The molecule has 0 saturated carbocycles. The number of anilines is 1. The Morgan fingerprint density at radius 1 is 1.05 bits per heavy atom. The molecule has 2 rings (SSSR count). The molecule has 0 aromatic heterocycles. The van der Waals surface area contributed by atoms with Crippen molar-refractivity contribution in [2.24, 2.45) is 0 Å². The van der Waals surface area contributed by atoms with E-state index in [1.165, 1.54) is 0 Å². The maximum atomic E-state index is 6.21. The van der Waals surface area contributed by atoms with Crippen LogP contribution in [-0.4, -0.2) is 0 Å². The predicted molar refractivity (Wildman–Crippen MR) is 90.3 cm³/mol. The van der Waals surface area contributed by atoms with E-state index < -0.39 is 0 Å². The van der Waals surface area contributed by atoms with Crippen LogP contribution in [0.15, 0.2) is 45.3 Å². The van der Waals surface area contributed by atoms with Crippen LogP contribution in [-0.2, 0) is 0 Å². The lowest BCUT2D eigenvalue weighted by molar-refractivity contribution is 0.884. The van der Waals surface area contributed by atoms with Crippen molar-refractivity contribution in [2.45, 2.75) is 13.0 Å². The number of halogens is 4. The minimum Gasteiger partial charge on any atom is -0.378 e. The van der Waals surface area contributed by atoms with E-state index in [0.29, 0.717) is 10.0 Å². The van der Waals surface area contributed by atoms with Gasteiger partial charge in [0.2, 0.25) is 0 Å². The summed E-state index contributed by atoms with van der Waals surface area (Å²) in [7, 11) is 0. The van der Waals surface area contributed by atoms with Gasteiger partial charge in [-0.3, -0.25) is 0 Å². The Labute approximate surface area is 139 Å². The molecule has 2 aromatic rings. The van der Waals surface area contributed by atoms with E-state index in [2.05, 4.69) is 44.1 Å². The van der Waals surface area contributed by atoms with Crippen LogP contribution in [0.3, 0.4) is 0 Å². The second kappa shape index (κ2) is 6.49. The molecule has 1 nitrogen and oxygen atoms in total. The van der Waals surface area contributed by atoms with Crippen molar-refractivity contribution in [1.29, 1.82) is 0 Å². The molecule has 0 heterocycles. The Morgan fingerprint density at radius 3 is 2.42 bits per heavy atom. The fourth-order valence-electron chi connectivity index (χ4n) is 1.77. The third-order valence-corrected chi connectivity index (χ3v) is 4.44. The largest absolute Gasteiger partial charge is 0.378 e. The zero-order chi connectivity index (χ0) is 14.0. The van der Waals surface area contributed by atoms with Crippen molar-refractivity contribution < 1.29 is 0 Å². The minimum absolute atomic E-state index is 0.0854. The number of nitrogens with one attached hydrogen (secondary N) is 1. The molecule has 0 bridgehead atoms. The molecule has 5 heteroatoms. The lowest BCUT2D eigenvalue weighted by atomic mass is 10.1. The first-order valence-electron chi connectivity index (χ1n) is 5.64. The maximum Gasteiger partial charge on any atom is 0.0500 e. The van der Waals surface area contributed by atoms with Gasteiger partial charge in [-0.2, -0.15) is 0 Å². The van der Waals surface area contributed by atoms with Crippen LogP contribution < -0.4 is 5.32 Å². The van der Waals surface area contributed by atoms with Crippen molar-refractivity contribution in [1.82, 2.24) is 0 Å². The van der Waals surface area contributed by atoms with Crippen LogP contribution >= 0.6 is 55.1 Å². The number of hydrogen-bond donors (Lipinski definition) is 1. The van der Waals surface area contributed by atoms with Crippen LogP contribution in [0.25, 0.3) is 0 Å². The second-order valence-electron chi connectivity index (χ2n) is 4.16. The summed E-state index contributed by atoms with van der Waals surface area (Å²) >= 11 is 19.1. The van der Waals surface area contributed by atoms with Gasteiger partial charge in [-0.15, -0.1) is 0 Å². The Kier molecular flexibility index (Phi) is 5.18. The third kappa shape index (κ3) is 3.88. The highest BCUT2D eigenvalue weighted by Gasteiger charge is 2.11. The Morgan fingerprint density at radius 2 is 1.79 bits per heavy atom. The van der Waals surface area contributed by atoms with E-state index >= 15 is 0 Å². The summed E-state index contributed by atoms with van der Waals surface area (Å²) in [5.41, 5.74) is 2.03. The van der Waals surface area contributed by atoms with Gasteiger partial charge in [0, 0.05) is 24.7 Å². The van der Waals surface area contributed by atoms with Gasteiger partial charge in [0.1, 0.15) is 0 Å². The smallest absolute Gasteiger partial charge is 0.0500 e. The van der Waals surface area contributed by atoms with Gasteiger partial charge in [0.05, 0.1) is 6.04 Å². The number of benzene rings is 2. The molecule has 0 fully saturated rings. The van der Waals surface area contributed by atoms with Crippen molar-refractivity contribution in [3.8, 4) is 0 Å². The molecule has 0 saturated heterocycles. The minimum atomic E-state index is 0.0854. The van der Waals surface area contributed by atoms with E-state index in [1.807, 2.05) is 30.3 Å². The van der Waals surface area contributed by atoms with Gasteiger partial charge >= 0.3 is 0 Å². The Hall–Kier alpha value is -0.220. The van der Waals surface area contributed by atoms with E-state index in [1.54, 1.807) is 6.07 Å². The second-order valence-corrected chi connectivity index (χ2v) is 6.77. The molecule has 0 aliphatic rings. The zero-order valence-corrected chi connectivity index (χ0v) is 14.7. The van der Waals surface area contributed by atoms with Gasteiger partial charge in [0.15, 0.2) is 0 Å². The number of hydrogen-bond acceptors (Lipinski definition) is 1. The molecule has 0 radical (unpaired) electrons. The molecular formula is C14H11Br2Cl2N. The summed E-state index contributed by atoms with van der Waals surface area (Å²) in [4.78, 5) is 0. The molecule has 0 amide bonds. The van der Waals surface area contributed by atoms with Crippen molar-refractivity contribution in [3.05, 3.63) is 61.0 Å². The molecule has 19 heavy (non-hydrogen) atoms. The van der Waals surface area contributed by atoms with Crippen LogP contribution in [0.4, 0.5) is 5.69 Å². The van der Waals surface area contributed by atoms with Gasteiger partial charge in [-0.1, -0.05) is 45.2 Å². The normalized spacial score (nSPS) is 12.3. The summed E-state index contributed by atoms with van der Waals surface area (Å²) < 4.78 is 2.03. The molecule has 0 aliphatic heterocycles. The molecule has 1 unspecified atom stereocenters. The first-order valence-corrected chi connectivity index (χ1v) is 7.98. The number of rotatable bonds is 3. The Balaban J connectivity index is 2.23. The average molecular weight is 424 g/mol. The summed E-state index contributed by atoms with van der Waals surface area (Å²) in [5.74, 6) is 0. The highest BCUT2D eigenvalue weighted by atomic mass is 79.9. The SMILES string of the molecule is CC(Nc1ccc(Br)cc1Br)c1ccc(Cl)cc1Cl. The molecule has 0 aliphatic carbocycles. The van der Waals surface area contributed by atoms with E-state index in [0.717, 1.165) is 20.2 Å². The molecule has 1 atom stereocenters. The summed E-state index contributed by atoms with van der Waals surface area (Å²) in [6.45, 7) is 2.06. The molecular weight excluding hydrogens is 413 g/mol. The summed E-state index contributed by atoms with van der Waals surface area (Å²) in [5, 5.41) is 4.73. The first-order chi connectivity index (χ1) is 8.97. The molecule has 100 valence electrons. The van der Waals surface area contributed by atoms with E-state index in [-0.39, 0.29) is 6.04 Å². The monoisotopic (exact) mass is 421 g/mol. The lowest BCUT2D eigenvalue weighted by Gasteiger charge is -2.18. The topological polar surface area (TPSA) is 12.0 Å². The van der Waals surface area contributed by atoms with Crippen molar-refractivity contribution in [3.63, 3.8) is 0 Å². The van der Waals surface area contributed by atoms with Crippen LogP contribution in [0.1, 0.15) is 18.5 Å². The lowest BCUT2D eigenvalue weighted by Crippen LogP contribution is -2.07. The van der Waals surface area contributed by atoms with Crippen molar-refractivity contribution in [2.75, 3.05) is 5.32 Å². The average Bonchev–Trinajstić information content (AvgIpc) is 2.32. The standard InChI is InChI=1S/C14H11Br2Cl2N/c1-8(11-4-3-10(17)7-13(11)18)19-14-5-2-9(15)6-12(14)16/h2-8,19H,1H3. The van der Waals surface area contributed by atoms with Crippen LogP contribution in [0.5, 0.6) is 0 Å². The summed E-state index contributed by atoms with van der Waals surface area (Å²) in [6, 6.07) is 11.6. The molecule has 1 N–H and O–H groups in total. The first kappa shape index (κ1) is 15.2. The molecule has 0 spiro atoms. The van der Waals surface area contributed by atoms with Crippen LogP contribution in [0, 0.1) is 0 Å². The van der Waals surface area contributed by atoms with Crippen molar-refractivity contribution >= 4 is 60.7 Å². The van der Waals surface area contributed by atoms with Gasteiger partial charge in [-0.05, 0) is 58.7 Å². The van der Waals surface area contributed by atoms with E-state index in [9.17, 15) is 0 Å². The fourth-order valence-corrected chi connectivity index (χ4v) is 3.50. The summed E-state index contributed by atoms with van der Waals surface area (Å²) in [6.07, 6.45) is 0. The Bertz CT molecular complexity index is 602. The fraction of sp³-hybridized carbons (Fsp3) is 0.143. The quantitative estimate of drug-likeness (QED) is 0.579. The van der Waals surface area contributed by atoms with E-state index in [4.69, 9.17) is 23.2 Å². The van der Waals surface area contributed by atoms with Crippen LogP contribution in [0.2, 0.25) is 10.0 Å². The zero-order valence-electron chi connectivity index (χ0n) is 10.1. The molecule has 2 aromatic carbocycles. The highest BCUT2D eigenvalue weighted by Crippen LogP contribution is 2.32. The third-order valence-electron chi connectivity index (χ3n) is 2.73. The van der Waals surface area contributed by atoms with Gasteiger partial charge in [0.25, 0.3) is 0 Å². The highest BCUT2D eigenvalue weighted by molar-refractivity contribution is 9.11. The van der Waals surface area contributed by atoms with Gasteiger partial charge in [-0.25, -0.2) is 0 Å². The predicted octanol–water partition coefficient (Wildman–Crippen LogP) is 6.69.